The summed E-state index contributed by atoms with van der Waals surface area (Å²) in [5.41, 5.74) is 1.88. The highest BCUT2D eigenvalue weighted by Gasteiger charge is 2.71. The van der Waals surface area contributed by atoms with Gasteiger partial charge in [-0.05, 0) is 59.2 Å². The Hall–Kier alpha value is -5.11. The Kier molecular flexibility index (Phi) is 5.61. The Morgan fingerprint density at radius 3 is 2.51 bits per heavy atom. The third-order valence-corrected chi connectivity index (χ3v) is 8.56. The predicted octanol–water partition coefficient (Wildman–Crippen LogP) is 5.28. The second-order valence-corrected chi connectivity index (χ2v) is 10.4. The lowest BCUT2D eigenvalue weighted by Crippen LogP contribution is -2.49. The number of fused-ring (bicyclic) bond motifs is 6. The summed E-state index contributed by atoms with van der Waals surface area (Å²) in [5, 5.41) is 3.04. The van der Waals surface area contributed by atoms with Crippen molar-refractivity contribution in [2.45, 2.75) is 17.5 Å². The number of carbonyl (C=O) groups excluding carboxylic acids is 3. The molecule has 7 rings (SSSR count). The summed E-state index contributed by atoms with van der Waals surface area (Å²) in [4.78, 5) is 45.7. The standard InChI is InChI=1S/C33H26N2O6/c1-39-20-13-14-25(40-2)22(18-20)29(36)28-27(30(37)26-12-7-17-41-26)33(23-10-5-6-11-24(23)34-32(33)38)31-21-9-4-3-8-19(21)15-16-35(28)31/h3-18,27-28,31H,1-2H3,(H,34,38)/t27-,28-,31+,33+/m0/s1. The number of carbonyl (C=O) groups is 3. The van der Waals surface area contributed by atoms with Crippen LogP contribution in [0.3, 0.4) is 0 Å². The molecule has 1 saturated heterocycles. The van der Waals surface area contributed by atoms with Crippen LogP contribution in [0.4, 0.5) is 5.69 Å². The van der Waals surface area contributed by atoms with Crippen LogP contribution < -0.4 is 14.8 Å². The Balaban J connectivity index is 1.54. The highest BCUT2D eigenvalue weighted by atomic mass is 16.5. The van der Waals surface area contributed by atoms with Crippen molar-refractivity contribution in [2.75, 3.05) is 19.5 Å². The van der Waals surface area contributed by atoms with E-state index < -0.39 is 29.2 Å². The minimum Gasteiger partial charge on any atom is -0.497 e. The molecule has 1 N–H and O–H groups in total. The zero-order valence-corrected chi connectivity index (χ0v) is 22.4. The van der Waals surface area contributed by atoms with Crippen LogP contribution in [0, 0.1) is 5.92 Å². The number of Topliss-reactive ketones (excluding diaryl/α,β-unsaturated/α-hetero) is 2. The van der Waals surface area contributed by atoms with E-state index in [9.17, 15) is 14.4 Å². The SMILES string of the molecule is COc1ccc(OC)c(C(=O)[C@@H]2[C@@H](C(=O)c3ccco3)[C@@]3(C(=O)Nc4ccccc43)[C@H]3c4ccccc4C=CN23)c1. The van der Waals surface area contributed by atoms with Crippen molar-refractivity contribution in [3.63, 3.8) is 0 Å². The first-order valence-corrected chi connectivity index (χ1v) is 13.3. The van der Waals surface area contributed by atoms with Crippen molar-refractivity contribution in [2.24, 2.45) is 5.92 Å². The predicted molar refractivity (Wildman–Crippen MR) is 151 cm³/mol. The molecule has 0 aliphatic carbocycles. The van der Waals surface area contributed by atoms with Crippen LogP contribution in [0.25, 0.3) is 6.08 Å². The van der Waals surface area contributed by atoms with Crippen molar-refractivity contribution in [1.82, 2.24) is 4.90 Å². The van der Waals surface area contributed by atoms with E-state index in [0.717, 1.165) is 11.1 Å². The van der Waals surface area contributed by atoms with Crippen LogP contribution in [0.2, 0.25) is 0 Å². The molecule has 1 fully saturated rings. The van der Waals surface area contributed by atoms with E-state index in [2.05, 4.69) is 5.32 Å². The fourth-order valence-corrected chi connectivity index (χ4v) is 6.91. The van der Waals surface area contributed by atoms with Gasteiger partial charge < -0.3 is 24.1 Å². The zero-order valence-electron chi connectivity index (χ0n) is 22.4. The number of furan rings is 1. The largest absolute Gasteiger partial charge is 0.497 e. The molecule has 4 atom stereocenters. The highest BCUT2D eigenvalue weighted by molar-refractivity contribution is 6.16. The smallest absolute Gasteiger partial charge is 0.238 e. The van der Waals surface area contributed by atoms with Crippen LogP contribution in [0.1, 0.15) is 43.6 Å². The summed E-state index contributed by atoms with van der Waals surface area (Å²) in [5.74, 6) is -1.38. The van der Waals surface area contributed by atoms with Gasteiger partial charge in [-0.2, -0.15) is 0 Å². The van der Waals surface area contributed by atoms with Gasteiger partial charge in [0, 0.05) is 11.9 Å². The minimum absolute atomic E-state index is 0.0825. The van der Waals surface area contributed by atoms with E-state index in [1.54, 1.807) is 30.3 Å². The Bertz CT molecular complexity index is 1740. The molecule has 1 amide bonds. The first kappa shape index (κ1) is 24.9. The molecular formula is C33H26N2O6. The molecule has 3 aliphatic rings. The molecule has 0 saturated carbocycles. The summed E-state index contributed by atoms with van der Waals surface area (Å²) < 4.78 is 16.6. The number of methoxy groups -OCH3 is 2. The second-order valence-electron chi connectivity index (χ2n) is 10.4. The first-order valence-electron chi connectivity index (χ1n) is 13.3. The first-order chi connectivity index (χ1) is 20.0. The molecule has 0 radical (unpaired) electrons. The van der Waals surface area contributed by atoms with Crippen LogP contribution in [0.5, 0.6) is 11.5 Å². The molecule has 3 aliphatic heterocycles. The van der Waals surface area contributed by atoms with E-state index >= 15 is 0 Å². The number of amides is 1. The number of para-hydroxylation sites is 1. The molecule has 0 bridgehead atoms. The van der Waals surface area contributed by atoms with E-state index in [1.807, 2.05) is 65.7 Å². The molecular weight excluding hydrogens is 520 g/mol. The van der Waals surface area contributed by atoms with Gasteiger partial charge in [0.05, 0.1) is 38.0 Å². The number of anilines is 1. The van der Waals surface area contributed by atoms with E-state index in [4.69, 9.17) is 13.9 Å². The lowest BCUT2D eigenvalue weighted by molar-refractivity contribution is -0.122. The molecule has 8 nitrogen and oxygen atoms in total. The molecule has 1 spiro atoms. The third-order valence-electron chi connectivity index (χ3n) is 8.56. The summed E-state index contributed by atoms with van der Waals surface area (Å²) in [6, 6.07) is 21.6. The summed E-state index contributed by atoms with van der Waals surface area (Å²) >= 11 is 0. The average Bonchev–Trinajstić information content (AvgIpc) is 3.73. The van der Waals surface area contributed by atoms with Crippen molar-refractivity contribution in [3.05, 3.63) is 119 Å². The van der Waals surface area contributed by atoms with Crippen LogP contribution in [-0.2, 0) is 10.2 Å². The van der Waals surface area contributed by atoms with E-state index in [0.29, 0.717) is 22.7 Å². The number of hydrogen-bond acceptors (Lipinski definition) is 7. The number of ketones is 2. The Morgan fingerprint density at radius 1 is 0.927 bits per heavy atom. The van der Waals surface area contributed by atoms with Crippen LogP contribution in [-0.4, -0.2) is 42.6 Å². The fourth-order valence-electron chi connectivity index (χ4n) is 6.91. The number of rotatable bonds is 6. The van der Waals surface area contributed by atoms with Gasteiger partial charge in [0.15, 0.2) is 11.5 Å². The number of nitrogens with zero attached hydrogens (tertiary/aromatic N) is 1. The average molecular weight is 547 g/mol. The topological polar surface area (TPSA) is 98.1 Å². The second kappa shape index (κ2) is 9.23. The number of ether oxygens (including phenoxy) is 2. The van der Waals surface area contributed by atoms with Crippen LogP contribution in [0.15, 0.2) is 95.7 Å². The van der Waals surface area contributed by atoms with Gasteiger partial charge in [-0.25, -0.2) is 0 Å². The van der Waals surface area contributed by atoms with Gasteiger partial charge in [-0.15, -0.1) is 0 Å². The van der Waals surface area contributed by atoms with Gasteiger partial charge in [0.1, 0.15) is 23.0 Å². The maximum Gasteiger partial charge on any atom is 0.238 e. The Labute approximate surface area is 236 Å². The van der Waals surface area contributed by atoms with Crippen molar-refractivity contribution >= 4 is 29.2 Å². The van der Waals surface area contributed by atoms with Crippen molar-refractivity contribution in [3.8, 4) is 11.5 Å². The maximum atomic E-state index is 14.8. The number of benzene rings is 3. The van der Waals surface area contributed by atoms with E-state index in [-0.39, 0.29) is 23.0 Å². The van der Waals surface area contributed by atoms with E-state index in [1.165, 1.54) is 20.5 Å². The third kappa shape index (κ3) is 3.37. The number of hydrogen-bond donors (Lipinski definition) is 1. The lowest BCUT2D eigenvalue weighted by atomic mass is 9.63. The van der Waals surface area contributed by atoms with Gasteiger partial charge in [-0.1, -0.05) is 42.5 Å². The zero-order chi connectivity index (χ0) is 28.3. The van der Waals surface area contributed by atoms with Gasteiger partial charge in [-0.3, -0.25) is 14.4 Å². The van der Waals surface area contributed by atoms with Crippen molar-refractivity contribution in [1.29, 1.82) is 0 Å². The maximum absolute atomic E-state index is 14.8. The van der Waals surface area contributed by atoms with Gasteiger partial charge in [0.2, 0.25) is 11.7 Å². The van der Waals surface area contributed by atoms with Gasteiger partial charge >= 0.3 is 0 Å². The molecule has 41 heavy (non-hydrogen) atoms. The molecule has 204 valence electrons. The lowest BCUT2D eigenvalue weighted by Gasteiger charge is -2.38. The fraction of sp³-hybridized carbons (Fsp3) is 0.182. The molecule has 3 aromatic carbocycles. The minimum atomic E-state index is -1.44. The van der Waals surface area contributed by atoms with Gasteiger partial charge in [0.25, 0.3) is 0 Å². The monoisotopic (exact) mass is 546 g/mol. The Morgan fingerprint density at radius 2 is 1.73 bits per heavy atom. The van der Waals surface area contributed by atoms with Crippen molar-refractivity contribution < 1.29 is 28.3 Å². The summed E-state index contributed by atoms with van der Waals surface area (Å²) in [6.45, 7) is 0. The number of nitrogens with one attached hydrogen (secondary N) is 1. The molecule has 1 aromatic heterocycles. The molecule has 0 unspecified atom stereocenters. The molecule has 4 heterocycles. The highest BCUT2D eigenvalue weighted by Crippen LogP contribution is 2.62. The van der Waals surface area contributed by atoms with Crippen LogP contribution >= 0.6 is 0 Å². The quantitative estimate of drug-likeness (QED) is 0.329. The molecule has 8 heteroatoms. The normalized spacial score (nSPS) is 23.5. The summed E-state index contributed by atoms with van der Waals surface area (Å²) in [6.07, 6.45) is 5.16. The summed E-state index contributed by atoms with van der Waals surface area (Å²) in [7, 11) is 3.00. The molecule has 4 aromatic rings.